The molecule has 2 aromatic heterocycles. The third kappa shape index (κ3) is 5.66. The summed E-state index contributed by atoms with van der Waals surface area (Å²) in [6, 6.07) is 16.9. The van der Waals surface area contributed by atoms with Crippen LogP contribution < -0.4 is 4.90 Å². The van der Waals surface area contributed by atoms with Crippen LogP contribution in [0.4, 0.5) is 20.6 Å². The first-order chi connectivity index (χ1) is 17.9. The smallest absolute Gasteiger partial charge is 0.419 e. The Labute approximate surface area is 213 Å². The summed E-state index contributed by atoms with van der Waals surface area (Å²) in [5.41, 5.74) is 3.60. The van der Waals surface area contributed by atoms with Gasteiger partial charge in [-0.15, -0.1) is 0 Å². The van der Waals surface area contributed by atoms with Crippen LogP contribution in [0.2, 0.25) is 0 Å². The molecule has 0 fully saturated rings. The standard InChI is InChI=1S/C28H26FN3O5/c1-4-35-25(33)16-19-10-12-20(13-11-19)23-15-14-21(17-30-23)27-26(18(3)31-37-27)32(28(34)36-5-2)24-9-7-6-8-22(24)29/h6-15,17H,4-5,16H2,1-3H3. The number of pyridine rings is 1. The third-order valence-corrected chi connectivity index (χ3v) is 5.53. The van der Waals surface area contributed by atoms with Gasteiger partial charge in [-0.2, -0.15) is 0 Å². The van der Waals surface area contributed by atoms with Crippen LogP contribution in [0.25, 0.3) is 22.6 Å². The Hall–Kier alpha value is -4.53. The monoisotopic (exact) mass is 503 g/mol. The number of carbonyl (C=O) groups is 2. The minimum atomic E-state index is -0.757. The van der Waals surface area contributed by atoms with Crippen molar-refractivity contribution < 1.29 is 28.0 Å². The van der Waals surface area contributed by atoms with E-state index in [-0.39, 0.29) is 36.1 Å². The fraction of sp³-hybridized carbons (Fsp3) is 0.214. The van der Waals surface area contributed by atoms with Crippen LogP contribution in [0.5, 0.6) is 0 Å². The number of para-hydroxylation sites is 1. The molecular weight excluding hydrogens is 477 g/mol. The molecule has 0 aliphatic heterocycles. The van der Waals surface area contributed by atoms with Gasteiger partial charge in [-0.25, -0.2) is 14.1 Å². The third-order valence-electron chi connectivity index (χ3n) is 5.53. The summed E-state index contributed by atoms with van der Waals surface area (Å²) in [6.45, 7) is 5.56. The first-order valence-electron chi connectivity index (χ1n) is 11.8. The van der Waals surface area contributed by atoms with Crippen LogP contribution in [0, 0.1) is 12.7 Å². The number of ether oxygens (including phenoxy) is 2. The lowest BCUT2D eigenvalue weighted by Gasteiger charge is -2.22. The lowest BCUT2D eigenvalue weighted by Crippen LogP contribution is -2.28. The van der Waals surface area contributed by atoms with Crippen molar-refractivity contribution in [1.29, 1.82) is 0 Å². The molecule has 0 aliphatic carbocycles. The molecule has 0 saturated carbocycles. The summed E-state index contributed by atoms with van der Waals surface area (Å²) in [7, 11) is 0. The summed E-state index contributed by atoms with van der Waals surface area (Å²) in [6.07, 6.45) is 1.04. The van der Waals surface area contributed by atoms with E-state index in [0.29, 0.717) is 23.6 Å². The Balaban J connectivity index is 1.65. The van der Waals surface area contributed by atoms with Crippen molar-refractivity contribution in [3.05, 3.63) is 83.9 Å². The second-order valence-corrected chi connectivity index (χ2v) is 8.04. The molecule has 0 aliphatic rings. The molecule has 0 saturated heterocycles. The zero-order valence-corrected chi connectivity index (χ0v) is 20.7. The fourth-order valence-electron chi connectivity index (χ4n) is 3.82. The van der Waals surface area contributed by atoms with Gasteiger partial charge in [0, 0.05) is 17.3 Å². The Bertz CT molecular complexity index is 1380. The average molecular weight is 504 g/mol. The van der Waals surface area contributed by atoms with Gasteiger partial charge in [-0.3, -0.25) is 9.78 Å². The van der Waals surface area contributed by atoms with E-state index in [0.717, 1.165) is 16.0 Å². The van der Waals surface area contributed by atoms with Crippen molar-refractivity contribution in [1.82, 2.24) is 10.1 Å². The van der Waals surface area contributed by atoms with Crippen molar-refractivity contribution >= 4 is 23.4 Å². The van der Waals surface area contributed by atoms with Gasteiger partial charge in [0.05, 0.1) is 31.0 Å². The minimum absolute atomic E-state index is 0.0148. The summed E-state index contributed by atoms with van der Waals surface area (Å²) in [5.74, 6) is -0.622. The molecule has 0 radical (unpaired) electrons. The number of halogens is 1. The summed E-state index contributed by atoms with van der Waals surface area (Å²) >= 11 is 0. The molecule has 2 aromatic carbocycles. The van der Waals surface area contributed by atoms with Gasteiger partial charge in [-0.05, 0) is 50.6 Å². The normalized spacial score (nSPS) is 10.7. The van der Waals surface area contributed by atoms with E-state index in [9.17, 15) is 14.0 Å². The van der Waals surface area contributed by atoms with E-state index in [1.165, 1.54) is 18.2 Å². The molecule has 4 rings (SSSR count). The highest BCUT2D eigenvalue weighted by Crippen LogP contribution is 2.39. The van der Waals surface area contributed by atoms with E-state index in [1.807, 2.05) is 24.3 Å². The van der Waals surface area contributed by atoms with Crippen molar-refractivity contribution in [3.63, 3.8) is 0 Å². The molecule has 0 unspecified atom stereocenters. The van der Waals surface area contributed by atoms with Crippen LogP contribution in [0.15, 0.2) is 71.4 Å². The first-order valence-corrected chi connectivity index (χ1v) is 11.8. The van der Waals surface area contributed by atoms with Crippen molar-refractivity contribution in [3.8, 4) is 22.6 Å². The summed E-state index contributed by atoms with van der Waals surface area (Å²) < 4.78 is 30.5. The van der Waals surface area contributed by atoms with Gasteiger partial charge in [-0.1, -0.05) is 41.6 Å². The molecular formula is C28H26FN3O5. The number of benzene rings is 2. The Morgan fingerprint density at radius 2 is 1.65 bits per heavy atom. The maximum absolute atomic E-state index is 14.7. The van der Waals surface area contributed by atoms with Crippen LogP contribution in [-0.4, -0.2) is 35.4 Å². The number of aromatic nitrogens is 2. The fourth-order valence-corrected chi connectivity index (χ4v) is 3.82. The Morgan fingerprint density at radius 1 is 0.946 bits per heavy atom. The number of rotatable bonds is 8. The summed E-state index contributed by atoms with van der Waals surface area (Å²) in [5, 5.41) is 4.03. The molecule has 37 heavy (non-hydrogen) atoms. The first kappa shape index (κ1) is 25.6. The number of carbonyl (C=O) groups excluding carboxylic acids is 2. The lowest BCUT2D eigenvalue weighted by atomic mass is 10.1. The highest BCUT2D eigenvalue weighted by atomic mass is 19.1. The second-order valence-electron chi connectivity index (χ2n) is 8.04. The molecule has 4 aromatic rings. The summed E-state index contributed by atoms with van der Waals surface area (Å²) in [4.78, 5) is 30.3. The van der Waals surface area contributed by atoms with Crippen LogP contribution in [0.1, 0.15) is 25.1 Å². The van der Waals surface area contributed by atoms with E-state index in [4.69, 9.17) is 14.0 Å². The largest absolute Gasteiger partial charge is 0.466 e. The Morgan fingerprint density at radius 3 is 2.30 bits per heavy atom. The average Bonchev–Trinajstić information content (AvgIpc) is 3.27. The number of aryl methyl sites for hydroxylation is 1. The number of anilines is 2. The lowest BCUT2D eigenvalue weighted by molar-refractivity contribution is -0.142. The number of esters is 1. The minimum Gasteiger partial charge on any atom is -0.466 e. The number of amides is 1. The predicted octanol–water partition coefficient (Wildman–Crippen LogP) is 6.25. The van der Waals surface area contributed by atoms with E-state index in [2.05, 4.69) is 10.1 Å². The topological polar surface area (TPSA) is 94.8 Å². The Kier molecular flexibility index (Phi) is 7.92. The van der Waals surface area contributed by atoms with Gasteiger partial charge < -0.3 is 14.0 Å². The maximum atomic E-state index is 14.7. The molecule has 190 valence electrons. The van der Waals surface area contributed by atoms with Gasteiger partial charge in [0.25, 0.3) is 0 Å². The maximum Gasteiger partial charge on any atom is 0.419 e. The second kappa shape index (κ2) is 11.5. The van der Waals surface area contributed by atoms with Crippen molar-refractivity contribution in [2.45, 2.75) is 27.2 Å². The number of hydrogen-bond acceptors (Lipinski definition) is 7. The highest BCUT2D eigenvalue weighted by Gasteiger charge is 2.30. The van der Waals surface area contributed by atoms with Gasteiger partial charge in [0.15, 0.2) is 5.76 Å². The van der Waals surface area contributed by atoms with Crippen LogP contribution >= 0.6 is 0 Å². The van der Waals surface area contributed by atoms with Crippen LogP contribution in [-0.2, 0) is 20.7 Å². The van der Waals surface area contributed by atoms with Gasteiger partial charge in [0.2, 0.25) is 0 Å². The highest BCUT2D eigenvalue weighted by molar-refractivity contribution is 6.00. The van der Waals surface area contributed by atoms with Crippen molar-refractivity contribution in [2.75, 3.05) is 18.1 Å². The van der Waals surface area contributed by atoms with Crippen molar-refractivity contribution in [2.24, 2.45) is 0 Å². The number of nitrogens with zero attached hydrogens (tertiary/aromatic N) is 3. The molecule has 8 nitrogen and oxygen atoms in total. The number of hydrogen-bond donors (Lipinski definition) is 0. The zero-order chi connectivity index (χ0) is 26.4. The zero-order valence-electron chi connectivity index (χ0n) is 20.7. The van der Waals surface area contributed by atoms with Gasteiger partial charge in [0.1, 0.15) is 17.2 Å². The van der Waals surface area contributed by atoms with E-state index >= 15 is 0 Å². The predicted molar refractivity (Wildman–Crippen MR) is 136 cm³/mol. The van der Waals surface area contributed by atoms with Crippen LogP contribution in [0.3, 0.4) is 0 Å². The van der Waals surface area contributed by atoms with E-state index in [1.54, 1.807) is 45.2 Å². The molecule has 2 heterocycles. The molecule has 0 atom stereocenters. The molecule has 0 bridgehead atoms. The molecule has 1 amide bonds. The SMILES string of the molecule is CCOC(=O)Cc1ccc(-c2ccc(-c3onc(C)c3N(C(=O)OCC)c3ccccc3F)cn2)cc1. The van der Waals surface area contributed by atoms with E-state index < -0.39 is 11.9 Å². The van der Waals surface area contributed by atoms with Gasteiger partial charge >= 0.3 is 12.1 Å². The molecule has 0 N–H and O–H groups in total. The molecule has 0 spiro atoms. The quantitative estimate of drug-likeness (QED) is 0.262. The molecule has 9 heteroatoms.